The van der Waals surface area contributed by atoms with Gasteiger partial charge in [-0.1, -0.05) is 13.8 Å². The maximum atomic E-state index is 12.5. The molecule has 0 atom stereocenters. The number of rotatable bonds is 5. The maximum Gasteiger partial charge on any atom is 0.323 e. The summed E-state index contributed by atoms with van der Waals surface area (Å²) in [5.74, 6) is -1.23. The number of carboxylic acid groups (broad SMARTS) is 1. The smallest absolute Gasteiger partial charge is 0.323 e. The molecule has 1 N–H and O–H groups in total. The Morgan fingerprint density at radius 1 is 1.45 bits per heavy atom. The number of carboxylic acids is 1. The average Bonchev–Trinajstić information content (AvgIpc) is 2.79. The normalized spacial score (nSPS) is 10.9. The Kier molecular flexibility index (Phi) is 3.97. The van der Waals surface area contributed by atoms with Crippen molar-refractivity contribution in [3.05, 3.63) is 30.2 Å². The Morgan fingerprint density at radius 2 is 2.20 bits per heavy atom. The SMILES string of the molecule is CC(C)CN(CC(=O)O)C(=O)c1cnn2cccnc12. The van der Waals surface area contributed by atoms with Crippen molar-refractivity contribution in [3.8, 4) is 0 Å². The minimum atomic E-state index is -1.04. The van der Waals surface area contributed by atoms with Crippen molar-refractivity contribution in [1.29, 1.82) is 0 Å². The van der Waals surface area contributed by atoms with Gasteiger partial charge in [0.05, 0.1) is 6.20 Å². The molecule has 2 aromatic heterocycles. The zero-order valence-corrected chi connectivity index (χ0v) is 11.4. The molecule has 7 nitrogen and oxygen atoms in total. The van der Waals surface area contributed by atoms with Crippen molar-refractivity contribution in [3.63, 3.8) is 0 Å². The standard InChI is InChI=1S/C13H16N4O3/c1-9(2)7-16(8-11(18)19)13(20)10-6-15-17-5-3-4-14-12(10)17/h3-6,9H,7-8H2,1-2H3,(H,18,19). The Balaban J connectivity index is 2.33. The molecule has 1 amide bonds. The number of fused-ring (bicyclic) bond motifs is 1. The molecule has 2 heterocycles. The van der Waals surface area contributed by atoms with Crippen LogP contribution in [0.2, 0.25) is 0 Å². The molecule has 0 radical (unpaired) electrons. The second-order valence-corrected chi connectivity index (χ2v) is 4.92. The van der Waals surface area contributed by atoms with Crippen molar-refractivity contribution in [2.45, 2.75) is 13.8 Å². The molecule has 0 spiro atoms. The minimum absolute atomic E-state index is 0.174. The summed E-state index contributed by atoms with van der Waals surface area (Å²) >= 11 is 0. The molecule has 0 aliphatic heterocycles. The van der Waals surface area contributed by atoms with Gasteiger partial charge in [0.15, 0.2) is 5.65 Å². The topological polar surface area (TPSA) is 87.8 Å². The van der Waals surface area contributed by atoms with Gasteiger partial charge in [0.1, 0.15) is 12.1 Å². The molecule has 106 valence electrons. The van der Waals surface area contributed by atoms with Gasteiger partial charge in [-0.2, -0.15) is 5.10 Å². The van der Waals surface area contributed by atoms with Crippen LogP contribution in [0.4, 0.5) is 0 Å². The van der Waals surface area contributed by atoms with Crippen LogP contribution >= 0.6 is 0 Å². The number of hydrogen-bond donors (Lipinski definition) is 1. The van der Waals surface area contributed by atoms with Crippen molar-refractivity contribution in [2.24, 2.45) is 5.92 Å². The summed E-state index contributed by atoms with van der Waals surface area (Å²) in [5.41, 5.74) is 0.740. The van der Waals surface area contributed by atoms with Gasteiger partial charge in [-0.25, -0.2) is 9.50 Å². The maximum absolute atomic E-state index is 12.5. The molecule has 2 rings (SSSR count). The number of hydrogen-bond acceptors (Lipinski definition) is 4. The van der Waals surface area contributed by atoms with Gasteiger partial charge in [-0.05, 0) is 12.0 Å². The van der Waals surface area contributed by atoms with E-state index in [4.69, 9.17) is 5.11 Å². The average molecular weight is 276 g/mol. The summed E-state index contributed by atoms with van der Waals surface area (Å²) in [6.07, 6.45) is 4.67. The zero-order chi connectivity index (χ0) is 14.7. The first-order chi connectivity index (χ1) is 9.49. The third-order valence-electron chi connectivity index (χ3n) is 2.71. The lowest BCUT2D eigenvalue weighted by atomic mass is 10.2. The number of aliphatic carboxylic acids is 1. The molecule has 0 aliphatic rings. The quantitative estimate of drug-likeness (QED) is 0.877. The summed E-state index contributed by atoms with van der Waals surface area (Å²) in [6, 6.07) is 1.71. The number of nitrogens with zero attached hydrogens (tertiary/aromatic N) is 4. The van der Waals surface area contributed by atoms with Crippen LogP contribution < -0.4 is 0 Å². The van der Waals surface area contributed by atoms with E-state index in [-0.39, 0.29) is 18.4 Å². The molecular formula is C13H16N4O3. The Morgan fingerprint density at radius 3 is 2.85 bits per heavy atom. The predicted octanol–water partition coefficient (Wildman–Crippen LogP) is 0.912. The molecule has 0 aromatic carbocycles. The van der Waals surface area contributed by atoms with Gasteiger partial charge in [-0.3, -0.25) is 9.59 Å². The summed E-state index contributed by atoms with van der Waals surface area (Å²) in [6.45, 7) is 3.89. The van der Waals surface area contributed by atoms with Crippen molar-refractivity contribution in [1.82, 2.24) is 19.5 Å². The monoisotopic (exact) mass is 276 g/mol. The fourth-order valence-electron chi connectivity index (χ4n) is 1.97. The predicted molar refractivity (Wildman–Crippen MR) is 71.4 cm³/mol. The Labute approximate surface area is 115 Å². The van der Waals surface area contributed by atoms with Crippen LogP contribution in [0.15, 0.2) is 24.7 Å². The second kappa shape index (κ2) is 5.68. The minimum Gasteiger partial charge on any atom is -0.480 e. The number of amides is 1. The van der Waals surface area contributed by atoms with E-state index in [1.165, 1.54) is 15.6 Å². The summed E-state index contributed by atoms with van der Waals surface area (Å²) in [4.78, 5) is 28.8. The number of carbonyl (C=O) groups is 2. The van der Waals surface area contributed by atoms with E-state index in [9.17, 15) is 9.59 Å². The van der Waals surface area contributed by atoms with E-state index in [0.29, 0.717) is 17.8 Å². The van der Waals surface area contributed by atoms with E-state index >= 15 is 0 Å². The molecule has 7 heteroatoms. The van der Waals surface area contributed by atoms with Crippen molar-refractivity contribution < 1.29 is 14.7 Å². The molecule has 0 aliphatic carbocycles. The summed E-state index contributed by atoms with van der Waals surface area (Å²) < 4.78 is 1.49. The summed E-state index contributed by atoms with van der Waals surface area (Å²) in [7, 11) is 0. The van der Waals surface area contributed by atoms with Crippen LogP contribution in [0.3, 0.4) is 0 Å². The van der Waals surface area contributed by atoms with E-state index in [2.05, 4.69) is 10.1 Å². The molecular weight excluding hydrogens is 260 g/mol. The number of aromatic nitrogens is 3. The fraction of sp³-hybridized carbons (Fsp3) is 0.385. The van der Waals surface area contributed by atoms with E-state index < -0.39 is 5.97 Å². The second-order valence-electron chi connectivity index (χ2n) is 4.92. The van der Waals surface area contributed by atoms with Gasteiger partial charge in [0, 0.05) is 18.9 Å². The van der Waals surface area contributed by atoms with Gasteiger partial charge >= 0.3 is 5.97 Å². The molecule has 0 fully saturated rings. The molecule has 0 unspecified atom stereocenters. The molecule has 20 heavy (non-hydrogen) atoms. The van der Waals surface area contributed by atoms with Gasteiger partial charge in [0.25, 0.3) is 5.91 Å². The number of carbonyl (C=O) groups excluding carboxylic acids is 1. The molecule has 0 saturated carbocycles. The van der Waals surface area contributed by atoms with Crippen LogP contribution in [-0.4, -0.2) is 49.6 Å². The van der Waals surface area contributed by atoms with Crippen molar-refractivity contribution >= 4 is 17.5 Å². The lowest BCUT2D eigenvalue weighted by molar-refractivity contribution is -0.137. The molecule has 0 bridgehead atoms. The highest BCUT2D eigenvalue weighted by molar-refractivity contribution is 6.00. The Bertz CT molecular complexity index is 635. The zero-order valence-electron chi connectivity index (χ0n) is 11.4. The molecule has 2 aromatic rings. The van der Waals surface area contributed by atoms with Crippen LogP contribution in [0, 0.1) is 5.92 Å². The van der Waals surface area contributed by atoms with E-state index in [1.807, 2.05) is 13.8 Å². The first-order valence-corrected chi connectivity index (χ1v) is 6.28. The highest BCUT2D eigenvalue weighted by Gasteiger charge is 2.23. The highest BCUT2D eigenvalue weighted by Crippen LogP contribution is 2.12. The van der Waals surface area contributed by atoms with Crippen LogP contribution in [-0.2, 0) is 4.79 Å². The van der Waals surface area contributed by atoms with Crippen LogP contribution in [0.25, 0.3) is 5.65 Å². The van der Waals surface area contributed by atoms with Gasteiger partial charge in [-0.15, -0.1) is 0 Å². The van der Waals surface area contributed by atoms with Gasteiger partial charge in [0.2, 0.25) is 0 Å². The third kappa shape index (κ3) is 2.93. The van der Waals surface area contributed by atoms with Crippen LogP contribution in [0.1, 0.15) is 24.2 Å². The lowest BCUT2D eigenvalue weighted by Gasteiger charge is -2.22. The van der Waals surface area contributed by atoms with E-state index in [1.54, 1.807) is 18.5 Å². The van der Waals surface area contributed by atoms with Crippen molar-refractivity contribution in [2.75, 3.05) is 13.1 Å². The first kappa shape index (κ1) is 14.0. The Hall–Kier alpha value is -2.44. The fourth-order valence-corrected chi connectivity index (χ4v) is 1.97. The lowest BCUT2D eigenvalue weighted by Crippen LogP contribution is -2.38. The largest absolute Gasteiger partial charge is 0.480 e. The molecule has 0 saturated heterocycles. The van der Waals surface area contributed by atoms with E-state index in [0.717, 1.165) is 0 Å². The highest BCUT2D eigenvalue weighted by atomic mass is 16.4. The van der Waals surface area contributed by atoms with Crippen LogP contribution in [0.5, 0.6) is 0 Å². The first-order valence-electron chi connectivity index (χ1n) is 6.28. The third-order valence-corrected chi connectivity index (χ3v) is 2.71. The van der Waals surface area contributed by atoms with Gasteiger partial charge < -0.3 is 10.0 Å². The summed E-state index contributed by atoms with van der Waals surface area (Å²) in [5, 5.41) is 13.0.